The lowest BCUT2D eigenvalue weighted by molar-refractivity contribution is 0.180. The Kier molecular flexibility index (Phi) is 11.9. The molecule has 1 aromatic carbocycles. The Hall–Kier alpha value is -1.68. The zero-order valence-corrected chi connectivity index (χ0v) is 20.1. The molecular formula is C21H39N5O3S. The first-order valence-electron chi connectivity index (χ1n) is 10.5. The van der Waals surface area contributed by atoms with E-state index in [0.717, 1.165) is 50.7 Å². The summed E-state index contributed by atoms with van der Waals surface area (Å²) in [4.78, 5) is 7.16. The maximum Gasteiger partial charge on any atom is 0.243 e. The fourth-order valence-electron chi connectivity index (χ4n) is 2.68. The lowest BCUT2D eigenvalue weighted by Gasteiger charge is -2.21. The van der Waals surface area contributed by atoms with E-state index in [9.17, 15) is 8.42 Å². The van der Waals surface area contributed by atoms with Crippen LogP contribution in [0.2, 0.25) is 0 Å². The predicted octanol–water partition coefficient (Wildman–Crippen LogP) is 1.74. The molecule has 0 saturated heterocycles. The fraction of sp³-hybridized carbons (Fsp3) is 0.667. The molecule has 0 spiro atoms. The number of sulfonamides is 1. The molecule has 0 unspecified atom stereocenters. The number of guanidine groups is 1. The lowest BCUT2D eigenvalue weighted by Crippen LogP contribution is -2.41. The van der Waals surface area contributed by atoms with Crippen LogP contribution in [0, 0.1) is 0 Å². The van der Waals surface area contributed by atoms with Crippen molar-refractivity contribution < 1.29 is 13.2 Å². The number of rotatable bonds is 13. The molecule has 0 aliphatic heterocycles. The highest BCUT2D eigenvalue weighted by Crippen LogP contribution is 2.17. The SMILES string of the molecule is CCNC(=NCc1ccc(S(=O)(=O)N(C)C(C)C)cc1)NCCN(C)CCCOC. The summed E-state index contributed by atoms with van der Waals surface area (Å²) < 4.78 is 31.6. The highest BCUT2D eigenvalue weighted by atomic mass is 32.2. The van der Waals surface area contributed by atoms with Gasteiger partial charge >= 0.3 is 0 Å². The van der Waals surface area contributed by atoms with Gasteiger partial charge in [0.25, 0.3) is 0 Å². The third kappa shape index (κ3) is 8.99. The topological polar surface area (TPSA) is 86.3 Å². The maximum atomic E-state index is 12.6. The number of nitrogens with zero attached hydrogens (tertiary/aromatic N) is 3. The van der Waals surface area contributed by atoms with Gasteiger partial charge in [-0.1, -0.05) is 12.1 Å². The van der Waals surface area contributed by atoms with E-state index in [2.05, 4.69) is 27.6 Å². The van der Waals surface area contributed by atoms with Crippen LogP contribution in [-0.4, -0.2) is 83.6 Å². The monoisotopic (exact) mass is 441 g/mol. The van der Waals surface area contributed by atoms with Crippen molar-refractivity contribution in [1.29, 1.82) is 0 Å². The van der Waals surface area contributed by atoms with Gasteiger partial charge in [0.1, 0.15) is 0 Å². The molecule has 9 heteroatoms. The van der Waals surface area contributed by atoms with Crippen molar-refractivity contribution in [2.24, 2.45) is 4.99 Å². The average molecular weight is 442 g/mol. The van der Waals surface area contributed by atoms with Gasteiger partial charge in [0, 0.05) is 53.0 Å². The maximum absolute atomic E-state index is 12.6. The minimum Gasteiger partial charge on any atom is -0.385 e. The molecule has 172 valence electrons. The summed E-state index contributed by atoms with van der Waals surface area (Å²) in [5.41, 5.74) is 0.954. The second-order valence-corrected chi connectivity index (χ2v) is 9.53. The smallest absolute Gasteiger partial charge is 0.243 e. The molecule has 0 saturated carbocycles. The summed E-state index contributed by atoms with van der Waals surface area (Å²) in [6.45, 7) is 10.4. The van der Waals surface area contributed by atoms with Gasteiger partial charge in [0.05, 0.1) is 11.4 Å². The normalized spacial score (nSPS) is 12.8. The molecule has 0 fully saturated rings. The van der Waals surface area contributed by atoms with Crippen LogP contribution in [0.4, 0.5) is 0 Å². The molecule has 2 N–H and O–H groups in total. The number of benzene rings is 1. The Morgan fingerprint density at radius 3 is 2.37 bits per heavy atom. The molecular weight excluding hydrogens is 402 g/mol. The Labute approximate surface area is 182 Å². The molecule has 0 aromatic heterocycles. The zero-order chi connectivity index (χ0) is 22.6. The highest BCUT2D eigenvalue weighted by Gasteiger charge is 2.22. The summed E-state index contributed by atoms with van der Waals surface area (Å²) in [6, 6.07) is 6.84. The van der Waals surface area contributed by atoms with Crippen molar-refractivity contribution in [3.05, 3.63) is 29.8 Å². The van der Waals surface area contributed by atoms with Gasteiger partial charge < -0.3 is 20.3 Å². The Morgan fingerprint density at radius 1 is 1.13 bits per heavy atom. The zero-order valence-electron chi connectivity index (χ0n) is 19.3. The molecule has 0 atom stereocenters. The summed E-state index contributed by atoms with van der Waals surface area (Å²) >= 11 is 0. The standard InChI is InChI=1S/C21H39N5O3S/c1-7-22-21(23-13-15-25(4)14-8-16-29-6)24-17-19-9-11-20(12-10-19)30(27,28)26(5)18(2)3/h9-12,18H,7-8,13-17H2,1-6H3,(H2,22,23,24). The molecule has 30 heavy (non-hydrogen) atoms. The van der Waals surface area contributed by atoms with Gasteiger partial charge in [-0.3, -0.25) is 0 Å². The van der Waals surface area contributed by atoms with Gasteiger partial charge in [0.15, 0.2) is 5.96 Å². The molecule has 0 aliphatic rings. The molecule has 0 heterocycles. The number of hydrogen-bond donors (Lipinski definition) is 2. The van der Waals surface area contributed by atoms with Crippen molar-refractivity contribution >= 4 is 16.0 Å². The van der Waals surface area contributed by atoms with E-state index in [4.69, 9.17) is 4.74 Å². The number of hydrogen-bond acceptors (Lipinski definition) is 5. The second kappa shape index (κ2) is 13.6. The van der Waals surface area contributed by atoms with Crippen LogP contribution in [0.1, 0.15) is 32.8 Å². The quantitative estimate of drug-likeness (QED) is 0.275. The van der Waals surface area contributed by atoms with E-state index in [-0.39, 0.29) is 6.04 Å². The van der Waals surface area contributed by atoms with Crippen LogP contribution in [0.3, 0.4) is 0 Å². The molecule has 0 radical (unpaired) electrons. The minimum absolute atomic E-state index is 0.0907. The first-order chi connectivity index (χ1) is 14.2. The molecule has 1 aromatic rings. The van der Waals surface area contributed by atoms with Gasteiger partial charge in [-0.2, -0.15) is 4.31 Å². The van der Waals surface area contributed by atoms with Crippen molar-refractivity contribution in [3.8, 4) is 0 Å². The Balaban J connectivity index is 2.64. The van der Waals surface area contributed by atoms with Crippen molar-refractivity contribution in [3.63, 3.8) is 0 Å². The van der Waals surface area contributed by atoms with Crippen LogP contribution in [0.5, 0.6) is 0 Å². The number of nitrogens with one attached hydrogen (secondary N) is 2. The van der Waals surface area contributed by atoms with Crippen LogP contribution in [0.15, 0.2) is 34.2 Å². The molecule has 8 nitrogen and oxygen atoms in total. The number of methoxy groups -OCH3 is 1. The summed E-state index contributed by atoms with van der Waals surface area (Å²) in [5.74, 6) is 0.749. The Bertz CT molecular complexity index is 736. The van der Waals surface area contributed by atoms with Gasteiger partial charge in [0.2, 0.25) is 10.0 Å². The van der Waals surface area contributed by atoms with E-state index < -0.39 is 10.0 Å². The van der Waals surface area contributed by atoms with E-state index >= 15 is 0 Å². The summed E-state index contributed by atoms with van der Waals surface area (Å²) in [7, 11) is 1.95. The van der Waals surface area contributed by atoms with Crippen LogP contribution >= 0.6 is 0 Å². The third-order valence-corrected chi connectivity index (χ3v) is 6.81. The minimum atomic E-state index is -3.46. The lowest BCUT2D eigenvalue weighted by atomic mass is 10.2. The van der Waals surface area contributed by atoms with E-state index in [1.165, 1.54) is 4.31 Å². The third-order valence-electron chi connectivity index (χ3n) is 4.77. The van der Waals surface area contributed by atoms with Crippen molar-refractivity contribution in [2.45, 2.75) is 44.7 Å². The van der Waals surface area contributed by atoms with Gasteiger partial charge in [-0.25, -0.2) is 13.4 Å². The first kappa shape index (κ1) is 26.4. The van der Waals surface area contributed by atoms with E-state index in [0.29, 0.717) is 11.4 Å². The van der Waals surface area contributed by atoms with Crippen molar-refractivity contribution in [1.82, 2.24) is 19.8 Å². The number of ether oxygens (including phenoxy) is 1. The fourth-order valence-corrected chi connectivity index (χ4v) is 4.05. The average Bonchev–Trinajstić information content (AvgIpc) is 2.71. The largest absolute Gasteiger partial charge is 0.385 e. The Morgan fingerprint density at radius 2 is 1.80 bits per heavy atom. The van der Waals surface area contributed by atoms with Gasteiger partial charge in [-0.05, 0) is 51.9 Å². The number of aliphatic imine (C=N–C) groups is 1. The molecule has 1 rings (SSSR count). The van der Waals surface area contributed by atoms with Crippen molar-refractivity contribution in [2.75, 3.05) is 54.0 Å². The molecule has 0 aliphatic carbocycles. The van der Waals surface area contributed by atoms with Crippen LogP contribution in [-0.2, 0) is 21.3 Å². The van der Waals surface area contributed by atoms with E-state index in [1.807, 2.05) is 32.9 Å². The van der Waals surface area contributed by atoms with E-state index in [1.54, 1.807) is 26.3 Å². The van der Waals surface area contributed by atoms with Gasteiger partial charge in [-0.15, -0.1) is 0 Å². The summed E-state index contributed by atoms with van der Waals surface area (Å²) in [5, 5.41) is 6.58. The first-order valence-corrected chi connectivity index (χ1v) is 11.9. The predicted molar refractivity (Wildman–Crippen MR) is 123 cm³/mol. The second-order valence-electron chi connectivity index (χ2n) is 7.53. The molecule has 0 amide bonds. The van der Waals surface area contributed by atoms with Crippen LogP contribution < -0.4 is 10.6 Å². The summed E-state index contributed by atoms with van der Waals surface area (Å²) in [6.07, 6.45) is 1.01. The van der Waals surface area contributed by atoms with Crippen LogP contribution in [0.25, 0.3) is 0 Å². The molecule has 0 bridgehead atoms. The highest BCUT2D eigenvalue weighted by molar-refractivity contribution is 7.89. The number of likely N-dealkylation sites (N-methyl/N-ethyl adjacent to an activating group) is 1.